The lowest BCUT2D eigenvalue weighted by Gasteiger charge is -2.19. The monoisotopic (exact) mass is 317 g/mol. The largest absolute Gasteiger partial charge is 0.348 e. The van der Waals surface area contributed by atoms with Crippen molar-refractivity contribution < 1.29 is 4.79 Å². The number of amides is 1. The summed E-state index contributed by atoms with van der Waals surface area (Å²) in [5, 5.41) is 15.0. The van der Waals surface area contributed by atoms with Crippen LogP contribution in [0.3, 0.4) is 0 Å². The van der Waals surface area contributed by atoms with E-state index in [0.29, 0.717) is 16.8 Å². The Morgan fingerprint density at radius 2 is 2.32 bits per heavy atom. The van der Waals surface area contributed by atoms with Crippen LogP contribution in [0.25, 0.3) is 0 Å². The van der Waals surface area contributed by atoms with E-state index < -0.39 is 0 Å². The van der Waals surface area contributed by atoms with Crippen molar-refractivity contribution >= 4 is 17.7 Å². The third-order valence-electron chi connectivity index (χ3n) is 3.98. The van der Waals surface area contributed by atoms with E-state index >= 15 is 0 Å². The molecule has 0 fully saturated rings. The summed E-state index contributed by atoms with van der Waals surface area (Å²) in [4.78, 5) is 12.2. The number of carbonyl (C=O) groups excluding carboxylic acids is 1. The summed E-state index contributed by atoms with van der Waals surface area (Å²) in [5.74, 6) is 0.750. The van der Waals surface area contributed by atoms with E-state index in [1.807, 2.05) is 0 Å². The van der Waals surface area contributed by atoms with Crippen molar-refractivity contribution in [1.29, 1.82) is 0 Å². The standard InChI is InChI=1S/C15H19N5OS/c1-9-4-5-11-7-10(2)14(12(11)6-9)16-13(21)8-22-15-17-18-19-20(15)3/h4-6,10,14H,7-8H2,1-3H3,(H,16,21)/t10-,14-/m1/s1. The SMILES string of the molecule is Cc1ccc2c(c1)[C@H](NC(=O)CSc1nnnn1C)[C@H](C)C2. The van der Waals surface area contributed by atoms with Gasteiger partial charge in [0.15, 0.2) is 0 Å². The lowest BCUT2D eigenvalue weighted by Crippen LogP contribution is -2.31. The Bertz CT molecular complexity index is 699. The van der Waals surface area contributed by atoms with Crippen LogP contribution < -0.4 is 5.32 Å². The zero-order valence-corrected chi connectivity index (χ0v) is 13.7. The van der Waals surface area contributed by atoms with Gasteiger partial charge in [-0.15, -0.1) is 5.10 Å². The summed E-state index contributed by atoms with van der Waals surface area (Å²) in [7, 11) is 1.76. The predicted octanol–water partition coefficient (Wildman–Crippen LogP) is 1.66. The smallest absolute Gasteiger partial charge is 0.230 e. The number of fused-ring (bicyclic) bond motifs is 1. The molecule has 1 aliphatic rings. The van der Waals surface area contributed by atoms with Gasteiger partial charge in [-0.05, 0) is 40.8 Å². The van der Waals surface area contributed by atoms with Gasteiger partial charge in [-0.1, -0.05) is 42.4 Å². The van der Waals surface area contributed by atoms with E-state index in [-0.39, 0.29) is 11.9 Å². The lowest BCUT2D eigenvalue weighted by molar-refractivity contribution is -0.119. The maximum absolute atomic E-state index is 12.2. The highest BCUT2D eigenvalue weighted by Crippen LogP contribution is 2.36. The Balaban J connectivity index is 1.65. The molecule has 1 aromatic carbocycles. The van der Waals surface area contributed by atoms with Crippen LogP contribution in [0, 0.1) is 12.8 Å². The van der Waals surface area contributed by atoms with Crippen LogP contribution in [0.2, 0.25) is 0 Å². The molecule has 1 aromatic heterocycles. The van der Waals surface area contributed by atoms with Gasteiger partial charge in [0.2, 0.25) is 11.1 Å². The van der Waals surface area contributed by atoms with Crippen LogP contribution in [0.4, 0.5) is 0 Å². The minimum atomic E-state index is 0.0132. The molecular weight excluding hydrogens is 298 g/mol. The molecule has 1 aliphatic carbocycles. The van der Waals surface area contributed by atoms with Gasteiger partial charge in [-0.2, -0.15) is 0 Å². The van der Waals surface area contributed by atoms with E-state index in [4.69, 9.17) is 0 Å². The number of aromatic nitrogens is 4. The Hall–Kier alpha value is -1.89. The van der Waals surface area contributed by atoms with Gasteiger partial charge in [0.05, 0.1) is 11.8 Å². The topological polar surface area (TPSA) is 72.7 Å². The summed E-state index contributed by atoms with van der Waals surface area (Å²) >= 11 is 1.35. The normalized spacial score (nSPS) is 20.0. The van der Waals surface area contributed by atoms with Gasteiger partial charge >= 0.3 is 0 Å². The van der Waals surface area contributed by atoms with Crippen molar-refractivity contribution in [2.24, 2.45) is 13.0 Å². The number of benzene rings is 1. The first-order valence-corrected chi connectivity index (χ1v) is 8.27. The minimum absolute atomic E-state index is 0.0132. The third kappa shape index (κ3) is 2.99. The molecular formula is C15H19N5OS. The average Bonchev–Trinajstić information content (AvgIpc) is 3.01. The number of thioether (sulfide) groups is 1. The van der Waals surface area contributed by atoms with Crippen molar-refractivity contribution in [2.75, 3.05) is 5.75 Å². The Kier molecular flexibility index (Phi) is 4.15. The van der Waals surface area contributed by atoms with Crippen LogP contribution in [0.5, 0.6) is 0 Å². The molecule has 3 rings (SSSR count). The molecule has 0 saturated carbocycles. The zero-order valence-electron chi connectivity index (χ0n) is 12.9. The van der Waals surface area contributed by atoms with Gasteiger partial charge in [0.25, 0.3) is 0 Å². The van der Waals surface area contributed by atoms with Crippen molar-refractivity contribution in [2.45, 2.75) is 31.5 Å². The summed E-state index contributed by atoms with van der Waals surface area (Å²) < 4.78 is 1.56. The molecule has 22 heavy (non-hydrogen) atoms. The van der Waals surface area contributed by atoms with Gasteiger partial charge in [-0.3, -0.25) is 4.79 Å². The van der Waals surface area contributed by atoms with Crippen LogP contribution in [0.1, 0.15) is 29.7 Å². The van der Waals surface area contributed by atoms with Gasteiger partial charge < -0.3 is 5.32 Å². The van der Waals surface area contributed by atoms with E-state index in [0.717, 1.165) is 6.42 Å². The van der Waals surface area contributed by atoms with Crippen molar-refractivity contribution in [3.63, 3.8) is 0 Å². The first kappa shape index (κ1) is 15.0. The molecule has 2 aromatic rings. The number of aryl methyl sites for hydroxylation is 2. The fourth-order valence-electron chi connectivity index (χ4n) is 2.87. The number of carbonyl (C=O) groups is 1. The number of hydrogen-bond donors (Lipinski definition) is 1. The second-order valence-corrected chi connectivity index (χ2v) is 6.75. The van der Waals surface area contributed by atoms with Crippen molar-refractivity contribution in [3.05, 3.63) is 34.9 Å². The number of rotatable bonds is 4. The number of tetrazole rings is 1. The number of nitrogens with one attached hydrogen (secondary N) is 1. The molecule has 0 unspecified atom stereocenters. The highest BCUT2D eigenvalue weighted by Gasteiger charge is 2.30. The van der Waals surface area contributed by atoms with Crippen LogP contribution in [-0.4, -0.2) is 31.9 Å². The molecule has 0 bridgehead atoms. The number of hydrogen-bond acceptors (Lipinski definition) is 5. The van der Waals surface area contributed by atoms with Crippen molar-refractivity contribution in [1.82, 2.24) is 25.5 Å². The molecule has 6 nitrogen and oxygen atoms in total. The average molecular weight is 317 g/mol. The van der Waals surface area contributed by atoms with Gasteiger partial charge in [0, 0.05) is 7.05 Å². The molecule has 0 aliphatic heterocycles. The molecule has 7 heteroatoms. The highest BCUT2D eigenvalue weighted by molar-refractivity contribution is 7.99. The first-order valence-electron chi connectivity index (χ1n) is 7.28. The van der Waals surface area contributed by atoms with Crippen LogP contribution >= 0.6 is 11.8 Å². The minimum Gasteiger partial charge on any atom is -0.348 e. The van der Waals surface area contributed by atoms with E-state index in [1.165, 1.54) is 28.5 Å². The quantitative estimate of drug-likeness (QED) is 0.868. The molecule has 2 atom stereocenters. The molecule has 0 radical (unpaired) electrons. The third-order valence-corrected chi connectivity index (χ3v) is 4.99. The lowest BCUT2D eigenvalue weighted by atomic mass is 10.0. The second-order valence-electron chi connectivity index (χ2n) is 5.80. The van der Waals surface area contributed by atoms with Crippen LogP contribution in [0.15, 0.2) is 23.4 Å². The van der Waals surface area contributed by atoms with E-state index in [1.54, 1.807) is 11.7 Å². The summed E-state index contributed by atoms with van der Waals surface area (Å²) in [6, 6.07) is 6.59. The first-order chi connectivity index (χ1) is 10.5. The Morgan fingerprint density at radius 3 is 3.05 bits per heavy atom. The fraction of sp³-hybridized carbons (Fsp3) is 0.467. The summed E-state index contributed by atoms with van der Waals surface area (Å²) in [5.41, 5.74) is 3.83. The molecule has 116 valence electrons. The van der Waals surface area contributed by atoms with E-state index in [9.17, 15) is 4.79 Å². The molecule has 0 saturated heterocycles. The zero-order chi connectivity index (χ0) is 15.7. The summed E-state index contributed by atoms with van der Waals surface area (Å²) in [6.45, 7) is 4.26. The molecule has 1 N–H and O–H groups in total. The second kappa shape index (κ2) is 6.08. The number of nitrogens with zero attached hydrogens (tertiary/aromatic N) is 4. The van der Waals surface area contributed by atoms with Gasteiger partial charge in [-0.25, -0.2) is 4.68 Å². The summed E-state index contributed by atoms with van der Waals surface area (Å²) in [6.07, 6.45) is 1.01. The van der Waals surface area contributed by atoms with Gasteiger partial charge in [0.1, 0.15) is 0 Å². The fourth-order valence-corrected chi connectivity index (χ4v) is 3.53. The Labute approximate surface area is 133 Å². The predicted molar refractivity (Wildman–Crippen MR) is 84.5 cm³/mol. The highest BCUT2D eigenvalue weighted by atomic mass is 32.2. The molecule has 1 amide bonds. The van der Waals surface area contributed by atoms with Crippen LogP contribution in [-0.2, 0) is 18.3 Å². The maximum atomic E-state index is 12.2. The molecule has 0 spiro atoms. The van der Waals surface area contributed by atoms with Crippen molar-refractivity contribution in [3.8, 4) is 0 Å². The molecule has 1 heterocycles. The maximum Gasteiger partial charge on any atom is 0.230 e. The van der Waals surface area contributed by atoms with E-state index in [2.05, 4.69) is 52.9 Å². The Morgan fingerprint density at radius 1 is 1.50 bits per heavy atom.